The summed E-state index contributed by atoms with van der Waals surface area (Å²) in [6.45, 7) is 0.519. The van der Waals surface area contributed by atoms with Crippen molar-refractivity contribution in [3.63, 3.8) is 0 Å². The summed E-state index contributed by atoms with van der Waals surface area (Å²) in [4.78, 5) is 0. The normalized spacial score (nSPS) is 16.3. The zero-order valence-electron chi connectivity index (χ0n) is 18.8. The molecule has 1 aliphatic heterocycles. The summed E-state index contributed by atoms with van der Waals surface area (Å²) in [7, 11) is 0. The van der Waals surface area contributed by atoms with Gasteiger partial charge in [0.2, 0.25) is 0 Å². The van der Waals surface area contributed by atoms with Crippen LogP contribution in [0.1, 0.15) is 42.4 Å². The van der Waals surface area contributed by atoms with Crippen LogP contribution < -0.4 is 15.4 Å². The maximum atomic E-state index is 15.0. The summed E-state index contributed by atoms with van der Waals surface area (Å²) < 4.78 is 49.3. The van der Waals surface area contributed by atoms with E-state index in [1.54, 1.807) is 18.2 Å². The maximum absolute atomic E-state index is 15.0. The summed E-state index contributed by atoms with van der Waals surface area (Å²) in [5.74, 6) is -1.59. The fourth-order valence-electron chi connectivity index (χ4n) is 4.96. The van der Waals surface area contributed by atoms with E-state index >= 15 is 0 Å². The lowest BCUT2D eigenvalue weighted by Crippen LogP contribution is -2.41. The Bertz CT molecular complexity index is 1290. The molecule has 5 rings (SSSR count). The molecule has 1 aliphatic carbocycles. The van der Waals surface area contributed by atoms with Crippen LogP contribution in [0.4, 0.5) is 24.5 Å². The van der Waals surface area contributed by atoms with Gasteiger partial charge in [0.15, 0.2) is 11.6 Å². The number of benzene rings is 3. The van der Waals surface area contributed by atoms with Crippen LogP contribution >= 0.6 is 11.6 Å². The van der Waals surface area contributed by atoms with Crippen LogP contribution in [0.2, 0.25) is 5.02 Å². The van der Waals surface area contributed by atoms with Crippen LogP contribution in [0, 0.1) is 34.7 Å². The van der Waals surface area contributed by atoms with Crippen molar-refractivity contribution in [1.29, 1.82) is 5.26 Å². The van der Waals surface area contributed by atoms with Crippen molar-refractivity contribution in [2.75, 3.05) is 17.2 Å². The number of nitrogens with one attached hydrogen (secondary N) is 2. The molecule has 0 amide bonds. The SMILES string of the molecule is N#Cc1ccc(CC2(c3ccc(Cl)cc3OCC3CCCC3)Nc3cc(F)c(F)cc3N2)c(F)c1. The summed E-state index contributed by atoms with van der Waals surface area (Å²) in [5.41, 5.74) is 0.638. The Morgan fingerprint density at radius 2 is 1.63 bits per heavy atom. The standard InChI is InChI=1S/C27H23ClF3N3O/c28-19-7-8-20(26(10-19)35-15-16-3-1-2-4-16)27(13-18-6-5-17(14-32)9-21(18)29)33-24-11-22(30)23(31)12-25(24)34-27/h5-12,16,33-34H,1-4,13,15H2. The van der Waals surface area contributed by atoms with E-state index in [4.69, 9.17) is 21.6 Å². The first-order chi connectivity index (χ1) is 16.9. The highest BCUT2D eigenvalue weighted by Crippen LogP contribution is 2.46. The summed E-state index contributed by atoms with van der Waals surface area (Å²) in [6, 6.07) is 13.5. The molecule has 0 saturated heterocycles. The molecular formula is C27H23ClF3N3O. The van der Waals surface area contributed by atoms with Gasteiger partial charge in [-0.15, -0.1) is 0 Å². The Morgan fingerprint density at radius 1 is 0.943 bits per heavy atom. The molecule has 1 saturated carbocycles. The van der Waals surface area contributed by atoms with Crippen LogP contribution in [-0.2, 0) is 12.1 Å². The van der Waals surface area contributed by atoms with E-state index in [1.165, 1.54) is 31.0 Å². The number of hydrogen-bond acceptors (Lipinski definition) is 4. The minimum absolute atomic E-state index is 0.0594. The second-order valence-corrected chi connectivity index (χ2v) is 9.60. The third-order valence-electron chi connectivity index (χ3n) is 6.75. The average Bonchev–Trinajstić information content (AvgIpc) is 3.47. The number of anilines is 2. The van der Waals surface area contributed by atoms with Crippen LogP contribution in [-0.4, -0.2) is 6.61 Å². The molecule has 3 aromatic carbocycles. The van der Waals surface area contributed by atoms with E-state index in [1.807, 2.05) is 6.07 Å². The fraction of sp³-hybridized carbons (Fsp3) is 0.296. The molecule has 1 heterocycles. The maximum Gasteiger partial charge on any atom is 0.161 e. The first-order valence-corrected chi connectivity index (χ1v) is 11.9. The molecule has 180 valence electrons. The van der Waals surface area contributed by atoms with Crippen molar-refractivity contribution in [3.8, 4) is 11.8 Å². The van der Waals surface area contributed by atoms with Crippen molar-refractivity contribution in [2.24, 2.45) is 5.92 Å². The van der Waals surface area contributed by atoms with Gasteiger partial charge in [0.25, 0.3) is 0 Å². The Hall–Kier alpha value is -3.37. The molecule has 0 bridgehead atoms. The molecule has 0 atom stereocenters. The number of rotatable bonds is 6. The minimum atomic E-state index is -1.19. The third kappa shape index (κ3) is 4.63. The third-order valence-corrected chi connectivity index (χ3v) is 6.98. The van der Waals surface area contributed by atoms with E-state index in [-0.39, 0.29) is 12.0 Å². The highest BCUT2D eigenvalue weighted by molar-refractivity contribution is 6.30. The van der Waals surface area contributed by atoms with Crippen LogP contribution in [0.15, 0.2) is 48.5 Å². The largest absolute Gasteiger partial charge is 0.493 e. The first kappa shape index (κ1) is 23.4. The van der Waals surface area contributed by atoms with E-state index in [0.717, 1.165) is 25.0 Å². The molecule has 0 spiro atoms. The molecule has 0 radical (unpaired) electrons. The lowest BCUT2D eigenvalue weighted by molar-refractivity contribution is 0.247. The number of halogens is 4. The molecule has 2 N–H and O–H groups in total. The van der Waals surface area contributed by atoms with Crippen molar-refractivity contribution in [2.45, 2.75) is 37.8 Å². The Morgan fingerprint density at radius 3 is 2.26 bits per heavy atom. The van der Waals surface area contributed by atoms with Crippen LogP contribution in [0.5, 0.6) is 5.75 Å². The quantitative estimate of drug-likeness (QED) is 0.380. The average molecular weight is 498 g/mol. The van der Waals surface area contributed by atoms with Gasteiger partial charge in [-0.25, -0.2) is 13.2 Å². The Balaban J connectivity index is 1.58. The molecule has 8 heteroatoms. The summed E-state index contributed by atoms with van der Waals surface area (Å²) >= 11 is 6.30. The second-order valence-electron chi connectivity index (χ2n) is 9.16. The van der Waals surface area contributed by atoms with Gasteiger partial charge >= 0.3 is 0 Å². The van der Waals surface area contributed by atoms with E-state index < -0.39 is 23.1 Å². The summed E-state index contributed by atoms with van der Waals surface area (Å²) in [6.07, 6.45) is 4.60. The molecule has 2 aliphatic rings. The number of fused-ring (bicyclic) bond motifs is 1. The topological polar surface area (TPSA) is 57.1 Å². The van der Waals surface area contributed by atoms with Gasteiger partial charge in [-0.1, -0.05) is 30.5 Å². The molecule has 4 nitrogen and oxygen atoms in total. The van der Waals surface area contributed by atoms with E-state index in [2.05, 4.69) is 10.6 Å². The smallest absolute Gasteiger partial charge is 0.161 e. The lowest BCUT2D eigenvalue weighted by Gasteiger charge is -2.33. The van der Waals surface area contributed by atoms with E-state index in [9.17, 15) is 13.2 Å². The van der Waals surface area contributed by atoms with Crippen LogP contribution in [0.3, 0.4) is 0 Å². The predicted octanol–water partition coefficient (Wildman–Crippen LogP) is 7.13. The van der Waals surface area contributed by atoms with Gasteiger partial charge in [0.05, 0.1) is 29.6 Å². The Labute approximate surface area is 206 Å². The Kier molecular flexibility index (Phi) is 6.24. The molecule has 1 fully saturated rings. The second kappa shape index (κ2) is 9.35. The summed E-state index contributed by atoms with van der Waals surface area (Å²) in [5, 5.41) is 16.1. The number of nitriles is 1. The van der Waals surface area contributed by atoms with Crippen molar-refractivity contribution >= 4 is 23.0 Å². The highest BCUT2D eigenvalue weighted by Gasteiger charge is 2.42. The molecule has 0 aromatic heterocycles. The van der Waals surface area contributed by atoms with Gasteiger partial charge in [0, 0.05) is 29.1 Å². The number of ether oxygens (including phenoxy) is 1. The molecular weight excluding hydrogens is 475 g/mol. The van der Waals surface area contributed by atoms with Gasteiger partial charge in [0.1, 0.15) is 17.2 Å². The van der Waals surface area contributed by atoms with Gasteiger partial charge < -0.3 is 15.4 Å². The number of nitrogens with zero attached hydrogens (tertiary/aromatic N) is 1. The van der Waals surface area contributed by atoms with Gasteiger partial charge in [-0.3, -0.25) is 0 Å². The highest BCUT2D eigenvalue weighted by atomic mass is 35.5. The van der Waals surface area contributed by atoms with Crippen molar-refractivity contribution in [1.82, 2.24) is 0 Å². The zero-order chi connectivity index (χ0) is 24.6. The van der Waals surface area contributed by atoms with Crippen LogP contribution in [0.25, 0.3) is 0 Å². The lowest BCUT2D eigenvalue weighted by atomic mass is 9.90. The zero-order valence-corrected chi connectivity index (χ0v) is 19.6. The molecule has 0 unspecified atom stereocenters. The van der Waals surface area contributed by atoms with Crippen molar-refractivity contribution < 1.29 is 17.9 Å². The fourth-order valence-corrected chi connectivity index (χ4v) is 5.12. The minimum Gasteiger partial charge on any atom is -0.493 e. The molecule has 35 heavy (non-hydrogen) atoms. The van der Waals surface area contributed by atoms with Crippen molar-refractivity contribution in [3.05, 3.63) is 87.7 Å². The molecule has 3 aromatic rings. The van der Waals surface area contributed by atoms with Gasteiger partial charge in [-0.05, 0) is 54.7 Å². The first-order valence-electron chi connectivity index (χ1n) is 11.5. The predicted molar refractivity (Wildman–Crippen MR) is 129 cm³/mol. The van der Waals surface area contributed by atoms with E-state index in [0.29, 0.717) is 45.8 Å². The monoisotopic (exact) mass is 497 g/mol. The van der Waals surface area contributed by atoms with Gasteiger partial charge in [-0.2, -0.15) is 5.26 Å². The number of hydrogen-bond donors (Lipinski definition) is 2.